The highest BCUT2D eigenvalue weighted by Gasteiger charge is 2.13. The summed E-state index contributed by atoms with van der Waals surface area (Å²) in [6, 6.07) is 22.7. The lowest BCUT2D eigenvalue weighted by atomic mass is 10.0. The summed E-state index contributed by atoms with van der Waals surface area (Å²) in [4.78, 5) is 34.8. The fourth-order valence-electron chi connectivity index (χ4n) is 2.70. The first kappa shape index (κ1) is 18.8. The van der Waals surface area contributed by atoms with Gasteiger partial charge in [0.25, 0.3) is 5.91 Å². The van der Waals surface area contributed by atoms with E-state index < -0.39 is 11.9 Å². The Balaban J connectivity index is 1.90. The van der Waals surface area contributed by atoms with Gasteiger partial charge in [-0.05, 0) is 47.0 Å². The van der Waals surface area contributed by atoms with Crippen molar-refractivity contribution < 1.29 is 19.5 Å². The molecule has 0 aliphatic carbocycles. The second-order valence-electron chi connectivity index (χ2n) is 6.05. The van der Waals surface area contributed by atoms with Crippen LogP contribution in [-0.4, -0.2) is 23.3 Å². The maximum absolute atomic E-state index is 12.3. The number of carboxylic acids is 1. The van der Waals surface area contributed by atoms with Crippen molar-refractivity contribution in [2.24, 2.45) is 0 Å². The number of carboxylic acid groups (broad SMARTS) is 1. The lowest BCUT2D eigenvalue weighted by Crippen LogP contribution is -2.27. The summed E-state index contributed by atoms with van der Waals surface area (Å²) < 4.78 is 0. The molecular formula is C23H17NO4. The molecule has 5 nitrogen and oxygen atoms in total. The summed E-state index contributed by atoms with van der Waals surface area (Å²) >= 11 is 0. The predicted octanol–water partition coefficient (Wildman–Crippen LogP) is 4.02. The van der Waals surface area contributed by atoms with E-state index in [4.69, 9.17) is 0 Å². The Morgan fingerprint density at radius 1 is 0.786 bits per heavy atom. The highest BCUT2D eigenvalue weighted by atomic mass is 16.4. The zero-order chi connectivity index (χ0) is 19.9. The third-order valence-electron chi connectivity index (χ3n) is 4.07. The van der Waals surface area contributed by atoms with E-state index in [0.29, 0.717) is 16.7 Å². The number of carbonyl (C=O) groups excluding carboxylic acids is 2. The summed E-state index contributed by atoms with van der Waals surface area (Å²) in [5.74, 6) is -1.73. The van der Waals surface area contributed by atoms with Crippen LogP contribution >= 0.6 is 0 Å². The van der Waals surface area contributed by atoms with Crippen molar-refractivity contribution in [1.82, 2.24) is 5.32 Å². The van der Waals surface area contributed by atoms with E-state index in [-0.39, 0.29) is 5.70 Å². The van der Waals surface area contributed by atoms with Gasteiger partial charge in [0.1, 0.15) is 12.0 Å². The summed E-state index contributed by atoms with van der Waals surface area (Å²) in [5.41, 5.74) is 2.97. The van der Waals surface area contributed by atoms with Gasteiger partial charge in [0.2, 0.25) is 0 Å². The Bertz CT molecular complexity index is 1050. The molecule has 0 saturated heterocycles. The van der Waals surface area contributed by atoms with E-state index in [9.17, 15) is 19.5 Å². The predicted molar refractivity (Wildman–Crippen MR) is 107 cm³/mol. The minimum atomic E-state index is -1.24. The minimum absolute atomic E-state index is 0.229. The largest absolute Gasteiger partial charge is 0.477 e. The van der Waals surface area contributed by atoms with Crippen molar-refractivity contribution in [3.63, 3.8) is 0 Å². The van der Waals surface area contributed by atoms with Gasteiger partial charge in [0, 0.05) is 11.1 Å². The van der Waals surface area contributed by atoms with Crippen LogP contribution in [-0.2, 0) is 4.79 Å². The fraction of sp³-hybridized carbons (Fsp3) is 0. The summed E-state index contributed by atoms with van der Waals surface area (Å²) in [6.45, 7) is 0. The van der Waals surface area contributed by atoms with E-state index in [1.807, 2.05) is 12.1 Å². The number of benzene rings is 3. The maximum Gasteiger partial charge on any atom is 0.352 e. The standard InChI is InChI=1S/C23H17NO4/c25-15-17-7-5-11-20(13-17)19-10-4-6-16(12-19)14-21(23(27)28)24-22(26)18-8-2-1-3-9-18/h1-15H,(H,24,26)(H,27,28)/b21-14-. The summed E-state index contributed by atoms with van der Waals surface area (Å²) in [5, 5.41) is 11.9. The average Bonchev–Trinajstić information content (AvgIpc) is 2.74. The number of nitrogens with one attached hydrogen (secondary N) is 1. The van der Waals surface area contributed by atoms with Crippen LogP contribution in [0.5, 0.6) is 0 Å². The molecule has 138 valence electrons. The molecule has 1 amide bonds. The SMILES string of the molecule is O=Cc1cccc(-c2cccc(/C=C(\NC(=O)c3ccccc3)C(=O)O)c2)c1. The molecule has 0 unspecified atom stereocenters. The Labute approximate surface area is 162 Å². The van der Waals surface area contributed by atoms with Gasteiger partial charge in [-0.1, -0.05) is 54.6 Å². The Kier molecular flexibility index (Phi) is 5.77. The number of amides is 1. The topological polar surface area (TPSA) is 83.5 Å². The van der Waals surface area contributed by atoms with Crippen LogP contribution in [0.4, 0.5) is 0 Å². The monoisotopic (exact) mass is 371 g/mol. The van der Waals surface area contributed by atoms with Crippen LogP contribution in [0, 0.1) is 0 Å². The number of aliphatic carboxylic acids is 1. The van der Waals surface area contributed by atoms with Crippen LogP contribution in [0.3, 0.4) is 0 Å². The number of hydrogen-bond donors (Lipinski definition) is 2. The molecule has 0 aliphatic heterocycles. The second kappa shape index (κ2) is 8.60. The molecule has 0 bridgehead atoms. The van der Waals surface area contributed by atoms with Crippen LogP contribution < -0.4 is 5.32 Å². The smallest absolute Gasteiger partial charge is 0.352 e. The van der Waals surface area contributed by atoms with Gasteiger partial charge in [0.05, 0.1) is 0 Å². The number of hydrogen-bond acceptors (Lipinski definition) is 3. The summed E-state index contributed by atoms with van der Waals surface area (Å²) in [6.07, 6.45) is 2.17. The average molecular weight is 371 g/mol. The molecule has 0 saturated carbocycles. The molecule has 0 fully saturated rings. The number of rotatable bonds is 6. The molecule has 0 atom stereocenters. The first-order chi connectivity index (χ1) is 13.6. The Hall–Kier alpha value is -3.99. The molecular weight excluding hydrogens is 354 g/mol. The normalized spacial score (nSPS) is 10.9. The molecule has 0 heterocycles. The quantitative estimate of drug-likeness (QED) is 0.506. The highest BCUT2D eigenvalue weighted by Crippen LogP contribution is 2.22. The third kappa shape index (κ3) is 4.59. The number of aldehydes is 1. The van der Waals surface area contributed by atoms with Crippen molar-refractivity contribution >= 4 is 24.2 Å². The molecule has 0 radical (unpaired) electrons. The van der Waals surface area contributed by atoms with Crippen molar-refractivity contribution in [2.75, 3.05) is 0 Å². The molecule has 2 N–H and O–H groups in total. The van der Waals surface area contributed by atoms with Crippen LogP contribution in [0.2, 0.25) is 0 Å². The van der Waals surface area contributed by atoms with Gasteiger partial charge >= 0.3 is 5.97 Å². The lowest BCUT2D eigenvalue weighted by molar-refractivity contribution is -0.132. The zero-order valence-electron chi connectivity index (χ0n) is 14.8. The number of carbonyl (C=O) groups is 3. The summed E-state index contributed by atoms with van der Waals surface area (Å²) in [7, 11) is 0. The fourth-order valence-corrected chi connectivity index (χ4v) is 2.70. The maximum atomic E-state index is 12.3. The van der Waals surface area contributed by atoms with Crippen molar-refractivity contribution in [1.29, 1.82) is 0 Å². The molecule has 3 rings (SSSR count). The second-order valence-corrected chi connectivity index (χ2v) is 6.05. The van der Waals surface area contributed by atoms with E-state index in [1.165, 1.54) is 6.08 Å². The zero-order valence-corrected chi connectivity index (χ0v) is 14.8. The van der Waals surface area contributed by atoms with Gasteiger partial charge < -0.3 is 10.4 Å². The Morgan fingerprint density at radius 3 is 2.00 bits per heavy atom. The minimum Gasteiger partial charge on any atom is -0.477 e. The van der Waals surface area contributed by atoms with E-state index in [0.717, 1.165) is 17.4 Å². The highest BCUT2D eigenvalue weighted by molar-refractivity contribution is 6.02. The van der Waals surface area contributed by atoms with Gasteiger partial charge in [-0.3, -0.25) is 9.59 Å². The van der Waals surface area contributed by atoms with Crippen molar-refractivity contribution in [3.05, 3.63) is 101 Å². The van der Waals surface area contributed by atoms with Gasteiger partial charge in [-0.15, -0.1) is 0 Å². The lowest BCUT2D eigenvalue weighted by Gasteiger charge is -2.08. The molecule has 0 aliphatic rings. The molecule has 5 heteroatoms. The Morgan fingerprint density at radius 2 is 1.39 bits per heavy atom. The van der Waals surface area contributed by atoms with Gasteiger partial charge in [-0.2, -0.15) is 0 Å². The molecule has 0 spiro atoms. The van der Waals surface area contributed by atoms with Crippen LogP contribution in [0.1, 0.15) is 26.3 Å². The molecule has 3 aromatic rings. The van der Waals surface area contributed by atoms with Gasteiger partial charge in [0.15, 0.2) is 0 Å². The van der Waals surface area contributed by atoms with Crippen LogP contribution in [0.25, 0.3) is 17.2 Å². The van der Waals surface area contributed by atoms with E-state index in [2.05, 4.69) is 5.32 Å². The van der Waals surface area contributed by atoms with E-state index in [1.54, 1.807) is 66.7 Å². The van der Waals surface area contributed by atoms with Crippen molar-refractivity contribution in [2.45, 2.75) is 0 Å². The third-order valence-corrected chi connectivity index (χ3v) is 4.07. The van der Waals surface area contributed by atoms with Crippen molar-refractivity contribution in [3.8, 4) is 11.1 Å². The first-order valence-electron chi connectivity index (χ1n) is 8.54. The van der Waals surface area contributed by atoms with Crippen LogP contribution in [0.15, 0.2) is 84.6 Å². The van der Waals surface area contributed by atoms with Gasteiger partial charge in [-0.25, -0.2) is 4.79 Å². The first-order valence-corrected chi connectivity index (χ1v) is 8.54. The molecule has 28 heavy (non-hydrogen) atoms. The molecule has 3 aromatic carbocycles. The van der Waals surface area contributed by atoms with E-state index >= 15 is 0 Å². The molecule has 0 aromatic heterocycles.